The van der Waals surface area contributed by atoms with Crippen LogP contribution in [-0.4, -0.2) is 65.6 Å². The smallest absolute Gasteiger partial charge is 0.318 e. The average Bonchev–Trinajstić information content (AvgIpc) is 2.55. The number of nitrogens with one attached hydrogen (secondary N) is 1. The van der Waals surface area contributed by atoms with E-state index in [2.05, 4.69) is 10.2 Å². The van der Waals surface area contributed by atoms with Crippen LogP contribution >= 0.6 is 0 Å². The van der Waals surface area contributed by atoms with E-state index in [1.807, 2.05) is 35.2 Å². The number of urea groups is 1. The number of carbonyl (C=O) groups is 2. The van der Waals surface area contributed by atoms with Crippen LogP contribution in [0.1, 0.15) is 18.6 Å². The number of nitrogens with two attached hydrogens (primary N) is 1. The van der Waals surface area contributed by atoms with Gasteiger partial charge in [0.1, 0.15) is 0 Å². The quantitative estimate of drug-likeness (QED) is 0.705. The lowest BCUT2D eigenvalue weighted by atomic mass is 10.1. The van der Waals surface area contributed by atoms with E-state index in [0.717, 1.165) is 18.7 Å². The molecule has 126 valence electrons. The topological polar surface area (TPSA) is 98.9 Å². The summed E-state index contributed by atoms with van der Waals surface area (Å²) >= 11 is 0. The minimum Gasteiger partial charge on any atom is -0.387 e. The predicted octanol–water partition coefficient (Wildman–Crippen LogP) is -0.0790. The zero-order valence-electron chi connectivity index (χ0n) is 13.3. The van der Waals surface area contributed by atoms with Crippen LogP contribution in [0.5, 0.6) is 0 Å². The van der Waals surface area contributed by atoms with Crippen molar-refractivity contribution in [2.24, 2.45) is 5.73 Å². The minimum atomic E-state index is -0.827. The van der Waals surface area contributed by atoms with Crippen LogP contribution in [0, 0.1) is 0 Å². The van der Waals surface area contributed by atoms with E-state index in [-0.39, 0.29) is 5.91 Å². The third-order valence-electron chi connectivity index (χ3n) is 4.20. The molecular formula is C16H24N4O3. The molecule has 0 saturated carbocycles. The average molecular weight is 320 g/mol. The Morgan fingerprint density at radius 1 is 1.22 bits per heavy atom. The van der Waals surface area contributed by atoms with E-state index in [0.29, 0.717) is 19.6 Å². The highest BCUT2D eigenvalue weighted by Gasteiger charge is 2.26. The largest absolute Gasteiger partial charge is 0.387 e. The maximum Gasteiger partial charge on any atom is 0.318 e. The zero-order valence-corrected chi connectivity index (χ0v) is 13.3. The van der Waals surface area contributed by atoms with Gasteiger partial charge in [0.2, 0.25) is 5.91 Å². The fraction of sp³-hybridized carbons (Fsp3) is 0.500. The predicted molar refractivity (Wildman–Crippen MR) is 86.6 cm³/mol. The van der Waals surface area contributed by atoms with Gasteiger partial charge in [-0.3, -0.25) is 19.9 Å². The van der Waals surface area contributed by atoms with Crippen molar-refractivity contribution >= 4 is 11.9 Å². The molecule has 0 bridgehead atoms. The number of aliphatic hydroxyl groups excluding tert-OH is 1. The Bertz CT molecular complexity index is 529. The second-order valence-electron chi connectivity index (χ2n) is 5.79. The maximum atomic E-state index is 11.8. The van der Waals surface area contributed by atoms with Gasteiger partial charge >= 0.3 is 6.03 Å². The number of rotatable bonds is 5. The summed E-state index contributed by atoms with van der Waals surface area (Å²) in [6.45, 7) is 5.26. The van der Waals surface area contributed by atoms with Crippen molar-refractivity contribution < 1.29 is 14.7 Å². The van der Waals surface area contributed by atoms with Crippen LogP contribution in [0.3, 0.4) is 0 Å². The molecule has 1 aromatic rings. The van der Waals surface area contributed by atoms with Crippen molar-refractivity contribution in [3.63, 3.8) is 0 Å². The Labute approximate surface area is 136 Å². The molecule has 1 fully saturated rings. The van der Waals surface area contributed by atoms with E-state index in [1.54, 1.807) is 6.92 Å². The molecule has 1 aliphatic rings. The Kier molecular flexibility index (Phi) is 6.09. The third kappa shape index (κ3) is 5.02. The summed E-state index contributed by atoms with van der Waals surface area (Å²) in [6.07, 6.45) is -0.515. The lowest BCUT2D eigenvalue weighted by Gasteiger charge is -2.38. The summed E-state index contributed by atoms with van der Waals surface area (Å²) in [7, 11) is 0. The molecule has 2 atom stereocenters. The summed E-state index contributed by atoms with van der Waals surface area (Å²) in [4.78, 5) is 26.7. The van der Waals surface area contributed by atoms with Gasteiger partial charge in [-0.05, 0) is 12.5 Å². The van der Waals surface area contributed by atoms with Crippen LogP contribution in [0.4, 0.5) is 4.79 Å². The van der Waals surface area contributed by atoms with Gasteiger partial charge in [-0.1, -0.05) is 30.3 Å². The van der Waals surface area contributed by atoms with Gasteiger partial charge in [-0.2, -0.15) is 0 Å². The van der Waals surface area contributed by atoms with Crippen LogP contribution in [0.2, 0.25) is 0 Å². The highest BCUT2D eigenvalue weighted by molar-refractivity contribution is 5.96. The normalized spacial score (nSPS) is 19.0. The molecule has 2 rings (SSSR count). The van der Waals surface area contributed by atoms with Crippen molar-refractivity contribution in [2.45, 2.75) is 19.1 Å². The van der Waals surface area contributed by atoms with Gasteiger partial charge in [0, 0.05) is 32.7 Å². The third-order valence-corrected chi connectivity index (χ3v) is 4.20. The second-order valence-corrected chi connectivity index (χ2v) is 5.79. The van der Waals surface area contributed by atoms with Gasteiger partial charge in [-0.15, -0.1) is 0 Å². The molecule has 0 unspecified atom stereocenters. The summed E-state index contributed by atoms with van der Waals surface area (Å²) in [5.74, 6) is -0.379. The summed E-state index contributed by atoms with van der Waals surface area (Å²) in [6, 6.07) is 8.35. The lowest BCUT2D eigenvalue weighted by molar-refractivity contribution is -0.125. The van der Waals surface area contributed by atoms with Crippen molar-refractivity contribution in [1.82, 2.24) is 15.1 Å². The van der Waals surface area contributed by atoms with Gasteiger partial charge in [-0.25, -0.2) is 4.79 Å². The number of imide groups is 1. The van der Waals surface area contributed by atoms with Crippen molar-refractivity contribution in [3.05, 3.63) is 35.9 Å². The van der Waals surface area contributed by atoms with Crippen molar-refractivity contribution in [2.75, 3.05) is 32.7 Å². The summed E-state index contributed by atoms with van der Waals surface area (Å²) in [5.41, 5.74) is 5.87. The van der Waals surface area contributed by atoms with E-state index in [9.17, 15) is 14.7 Å². The molecular weight excluding hydrogens is 296 g/mol. The molecule has 0 aromatic heterocycles. The van der Waals surface area contributed by atoms with E-state index >= 15 is 0 Å². The second kappa shape index (κ2) is 8.05. The molecule has 0 spiro atoms. The number of amides is 3. The standard InChI is InChI=1S/C16H24N4O3/c1-12(15(22)18-16(17)23)20-9-7-19(8-10-20)11-14(21)13-5-3-2-4-6-13/h2-6,12,14,21H,7-11H2,1H3,(H3,17,18,22,23)/t12-,14-/m1/s1. The molecule has 3 amide bonds. The first kappa shape index (κ1) is 17.4. The van der Waals surface area contributed by atoms with Crippen LogP contribution in [0.25, 0.3) is 0 Å². The van der Waals surface area contributed by atoms with E-state index in [1.165, 1.54) is 0 Å². The fourth-order valence-electron chi connectivity index (χ4n) is 2.75. The molecule has 0 aliphatic carbocycles. The fourth-order valence-corrected chi connectivity index (χ4v) is 2.75. The number of hydrogen-bond acceptors (Lipinski definition) is 5. The van der Waals surface area contributed by atoms with Gasteiger partial charge in [0.15, 0.2) is 0 Å². The van der Waals surface area contributed by atoms with Crippen LogP contribution in [0.15, 0.2) is 30.3 Å². The molecule has 4 N–H and O–H groups in total. The Morgan fingerprint density at radius 3 is 2.39 bits per heavy atom. The minimum absolute atomic E-state index is 0.379. The first-order valence-electron chi connectivity index (χ1n) is 7.77. The molecule has 1 saturated heterocycles. The Morgan fingerprint density at radius 2 is 1.83 bits per heavy atom. The maximum absolute atomic E-state index is 11.8. The monoisotopic (exact) mass is 320 g/mol. The number of piperazine rings is 1. The number of nitrogens with zero attached hydrogens (tertiary/aromatic N) is 2. The number of β-amino-alcohol motifs (C(OH)–C–C–N with tert-alkyl or cyclic N) is 1. The van der Waals surface area contributed by atoms with E-state index < -0.39 is 18.2 Å². The zero-order chi connectivity index (χ0) is 16.8. The van der Waals surface area contributed by atoms with Gasteiger partial charge in [0.05, 0.1) is 12.1 Å². The molecule has 1 heterocycles. The first-order chi connectivity index (χ1) is 11.0. The van der Waals surface area contributed by atoms with Crippen molar-refractivity contribution in [3.8, 4) is 0 Å². The van der Waals surface area contributed by atoms with Crippen LogP contribution < -0.4 is 11.1 Å². The molecule has 7 nitrogen and oxygen atoms in total. The van der Waals surface area contributed by atoms with Crippen molar-refractivity contribution in [1.29, 1.82) is 0 Å². The Hall–Kier alpha value is -1.96. The molecule has 7 heteroatoms. The molecule has 0 radical (unpaired) electrons. The number of hydrogen-bond donors (Lipinski definition) is 3. The van der Waals surface area contributed by atoms with Gasteiger partial charge in [0.25, 0.3) is 0 Å². The number of benzene rings is 1. The van der Waals surface area contributed by atoms with Crippen LogP contribution in [-0.2, 0) is 4.79 Å². The van der Waals surface area contributed by atoms with E-state index in [4.69, 9.17) is 5.73 Å². The lowest BCUT2D eigenvalue weighted by Crippen LogP contribution is -2.55. The molecule has 23 heavy (non-hydrogen) atoms. The summed E-state index contributed by atoms with van der Waals surface area (Å²) in [5, 5.41) is 12.4. The first-order valence-corrected chi connectivity index (χ1v) is 7.77. The highest BCUT2D eigenvalue weighted by Crippen LogP contribution is 2.15. The Balaban J connectivity index is 1.79. The van der Waals surface area contributed by atoms with Gasteiger partial charge < -0.3 is 10.8 Å². The number of carbonyl (C=O) groups excluding carboxylic acids is 2. The molecule has 1 aromatic carbocycles. The number of aliphatic hydroxyl groups is 1. The molecule has 1 aliphatic heterocycles. The summed E-state index contributed by atoms with van der Waals surface area (Å²) < 4.78 is 0. The SMILES string of the molecule is C[C@H](C(=O)NC(N)=O)N1CCN(C[C@@H](O)c2ccccc2)CC1. The highest BCUT2D eigenvalue weighted by atomic mass is 16.3. The number of primary amides is 1.